The molecule has 8 nitrogen and oxygen atoms in total. The van der Waals surface area contributed by atoms with Gasteiger partial charge in [-0.2, -0.15) is 0 Å². The molecule has 2 heterocycles. The first-order chi connectivity index (χ1) is 16.5. The van der Waals surface area contributed by atoms with Crippen LogP contribution in [0.25, 0.3) is 22.4 Å². The lowest BCUT2D eigenvalue weighted by molar-refractivity contribution is 0.0996. The van der Waals surface area contributed by atoms with Gasteiger partial charge in [0.15, 0.2) is 11.6 Å². The molecule has 8 heteroatoms. The third kappa shape index (κ3) is 4.97. The maximum atomic E-state index is 13.0. The Hall–Kier alpha value is -4.43. The van der Waals surface area contributed by atoms with Gasteiger partial charge in [0.1, 0.15) is 5.69 Å². The number of aromatic amines is 1. The lowest BCUT2D eigenvalue weighted by atomic mass is 10.0. The van der Waals surface area contributed by atoms with Gasteiger partial charge in [0.2, 0.25) is 0 Å². The summed E-state index contributed by atoms with van der Waals surface area (Å²) in [6, 6.07) is 18.4. The van der Waals surface area contributed by atoms with Crippen molar-refractivity contribution in [2.45, 2.75) is 13.0 Å². The molecule has 4 rings (SSSR count). The van der Waals surface area contributed by atoms with E-state index in [4.69, 9.17) is 11.1 Å². The topological polar surface area (TPSA) is 138 Å². The van der Waals surface area contributed by atoms with Crippen molar-refractivity contribution in [1.82, 2.24) is 20.3 Å². The average Bonchev–Trinajstić information content (AvgIpc) is 2.86. The zero-order chi connectivity index (χ0) is 24.1. The highest BCUT2D eigenvalue weighted by molar-refractivity contribution is 6.15. The Bertz CT molecular complexity index is 1400. The summed E-state index contributed by atoms with van der Waals surface area (Å²) in [6.07, 6.45) is 2.83. The third-order valence-corrected chi connectivity index (χ3v) is 5.37. The predicted molar refractivity (Wildman–Crippen MR) is 133 cm³/mol. The van der Waals surface area contributed by atoms with Crippen LogP contribution < -0.4 is 16.6 Å². The SMILES string of the molecule is CNCc1ccc(C(=N)CC(=O)c2nc(-c3c[nH]c(=O)c(-c4ccccc4)c3)cnc2N)cc1. The van der Waals surface area contributed by atoms with Crippen molar-refractivity contribution < 1.29 is 4.79 Å². The molecule has 0 bridgehead atoms. The van der Waals surface area contributed by atoms with E-state index in [-0.39, 0.29) is 29.2 Å². The van der Waals surface area contributed by atoms with E-state index in [0.29, 0.717) is 22.4 Å². The molecule has 170 valence electrons. The van der Waals surface area contributed by atoms with E-state index in [1.807, 2.05) is 61.6 Å². The quantitative estimate of drug-likeness (QED) is 0.239. The first-order valence-electron chi connectivity index (χ1n) is 10.7. The molecular weight excluding hydrogens is 428 g/mol. The predicted octanol–water partition coefficient (Wildman–Crippen LogP) is 3.44. The largest absolute Gasteiger partial charge is 0.382 e. The third-order valence-electron chi connectivity index (χ3n) is 5.37. The van der Waals surface area contributed by atoms with E-state index < -0.39 is 5.78 Å². The van der Waals surface area contributed by atoms with Gasteiger partial charge in [0.05, 0.1) is 18.3 Å². The van der Waals surface area contributed by atoms with Gasteiger partial charge < -0.3 is 21.4 Å². The fraction of sp³-hybridized carbons (Fsp3) is 0.115. The number of aromatic nitrogens is 3. The monoisotopic (exact) mass is 452 g/mol. The summed E-state index contributed by atoms with van der Waals surface area (Å²) < 4.78 is 0. The van der Waals surface area contributed by atoms with Crippen molar-refractivity contribution in [3.63, 3.8) is 0 Å². The minimum absolute atomic E-state index is 0.00127. The fourth-order valence-electron chi connectivity index (χ4n) is 3.58. The summed E-state index contributed by atoms with van der Waals surface area (Å²) in [5.41, 5.74) is 9.87. The van der Waals surface area contributed by atoms with Gasteiger partial charge in [-0.05, 0) is 29.8 Å². The minimum atomic E-state index is -0.399. The van der Waals surface area contributed by atoms with Crippen LogP contribution in [-0.4, -0.2) is 33.5 Å². The smallest absolute Gasteiger partial charge is 0.255 e. The van der Waals surface area contributed by atoms with Crippen molar-refractivity contribution in [2.75, 3.05) is 12.8 Å². The Labute approximate surface area is 196 Å². The van der Waals surface area contributed by atoms with Crippen LogP contribution in [0.15, 0.2) is 77.9 Å². The molecule has 34 heavy (non-hydrogen) atoms. The van der Waals surface area contributed by atoms with E-state index in [0.717, 1.165) is 17.7 Å². The van der Waals surface area contributed by atoms with Crippen LogP contribution in [-0.2, 0) is 6.54 Å². The molecule has 0 saturated heterocycles. The minimum Gasteiger partial charge on any atom is -0.382 e. The number of Topliss-reactive ketones (excluding diaryl/α,β-unsaturated/α-hetero) is 1. The maximum Gasteiger partial charge on any atom is 0.255 e. The standard InChI is InChI=1S/C26H24N6O2/c1-29-13-16-7-9-18(10-8-16)21(27)12-23(33)24-25(28)30-15-22(32-24)19-11-20(26(34)31-14-19)17-5-3-2-4-6-17/h2-11,14-15,27,29H,12-13H2,1H3,(H2,28,30)(H,31,34). The Kier molecular flexibility index (Phi) is 6.70. The Morgan fingerprint density at radius 3 is 2.53 bits per heavy atom. The van der Waals surface area contributed by atoms with Gasteiger partial charge in [-0.1, -0.05) is 54.6 Å². The van der Waals surface area contributed by atoms with E-state index in [9.17, 15) is 9.59 Å². The number of H-pyrrole nitrogens is 1. The molecule has 5 N–H and O–H groups in total. The van der Waals surface area contributed by atoms with Crippen molar-refractivity contribution in [3.05, 3.63) is 100 Å². The number of nitrogens with zero attached hydrogens (tertiary/aromatic N) is 2. The number of nitrogen functional groups attached to an aromatic ring is 1. The van der Waals surface area contributed by atoms with E-state index in [2.05, 4.69) is 20.3 Å². The number of pyridine rings is 1. The molecule has 0 aliphatic carbocycles. The Morgan fingerprint density at radius 2 is 1.82 bits per heavy atom. The van der Waals surface area contributed by atoms with E-state index in [1.165, 1.54) is 12.4 Å². The van der Waals surface area contributed by atoms with Crippen LogP contribution in [0, 0.1) is 5.41 Å². The second-order valence-corrected chi connectivity index (χ2v) is 7.79. The van der Waals surface area contributed by atoms with Crippen molar-refractivity contribution in [2.24, 2.45) is 0 Å². The highest BCUT2D eigenvalue weighted by Gasteiger charge is 2.18. The summed E-state index contributed by atoms with van der Waals surface area (Å²) >= 11 is 0. The summed E-state index contributed by atoms with van der Waals surface area (Å²) in [6.45, 7) is 0.724. The summed E-state index contributed by atoms with van der Waals surface area (Å²) in [7, 11) is 1.86. The molecule has 2 aromatic carbocycles. The van der Waals surface area contributed by atoms with Crippen LogP contribution in [0.3, 0.4) is 0 Å². The average molecular weight is 453 g/mol. The molecule has 0 aliphatic rings. The fourth-order valence-corrected chi connectivity index (χ4v) is 3.58. The van der Waals surface area contributed by atoms with Gasteiger partial charge in [-0.3, -0.25) is 9.59 Å². The van der Waals surface area contributed by atoms with Crippen LogP contribution in [0.4, 0.5) is 5.82 Å². The molecule has 4 aromatic rings. The highest BCUT2D eigenvalue weighted by Crippen LogP contribution is 2.23. The number of anilines is 1. The van der Waals surface area contributed by atoms with Gasteiger partial charge in [-0.15, -0.1) is 0 Å². The zero-order valence-corrected chi connectivity index (χ0v) is 18.6. The van der Waals surface area contributed by atoms with Crippen molar-refractivity contribution in [1.29, 1.82) is 5.41 Å². The number of nitrogens with two attached hydrogens (primary N) is 1. The summed E-state index contributed by atoms with van der Waals surface area (Å²) in [5, 5.41) is 11.4. The molecule has 0 fully saturated rings. The lowest BCUT2D eigenvalue weighted by Crippen LogP contribution is -2.14. The van der Waals surface area contributed by atoms with Crippen LogP contribution >= 0.6 is 0 Å². The number of ketones is 1. The molecule has 0 spiro atoms. The Balaban J connectivity index is 1.59. The summed E-state index contributed by atoms with van der Waals surface area (Å²) in [4.78, 5) is 36.6. The Morgan fingerprint density at radius 1 is 1.09 bits per heavy atom. The van der Waals surface area contributed by atoms with Crippen LogP contribution in [0.2, 0.25) is 0 Å². The molecular formula is C26H24N6O2. The first kappa shape index (κ1) is 22.8. The summed E-state index contributed by atoms with van der Waals surface area (Å²) in [5.74, 6) is -0.400. The zero-order valence-electron chi connectivity index (χ0n) is 18.6. The van der Waals surface area contributed by atoms with Gasteiger partial charge >= 0.3 is 0 Å². The number of hydrogen-bond acceptors (Lipinski definition) is 7. The number of hydrogen-bond donors (Lipinski definition) is 4. The number of carbonyl (C=O) groups excluding carboxylic acids is 1. The molecule has 0 unspecified atom stereocenters. The highest BCUT2D eigenvalue weighted by atomic mass is 16.1. The molecule has 0 atom stereocenters. The molecule has 0 radical (unpaired) electrons. The van der Waals surface area contributed by atoms with Crippen molar-refractivity contribution >= 4 is 17.3 Å². The lowest BCUT2D eigenvalue weighted by Gasteiger charge is -2.09. The van der Waals surface area contributed by atoms with E-state index in [1.54, 1.807) is 6.07 Å². The van der Waals surface area contributed by atoms with Gasteiger partial charge in [0.25, 0.3) is 5.56 Å². The molecule has 0 aliphatic heterocycles. The van der Waals surface area contributed by atoms with E-state index >= 15 is 0 Å². The second kappa shape index (κ2) is 10.0. The normalized spacial score (nSPS) is 10.7. The first-order valence-corrected chi connectivity index (χ1v) is 10.7. The second-order valence-electron chi connectivity index (χ2n) is 7.79. The number of benzene rings is 2. The van der Waals surface area contributed by atoms with Crippen LogP contribution in [0.5, 0.6) is 0 Å². The maximum absolute atomic E-state index is 13.0. The van der Waals surface area contributed by atoms with Gasteiger partial charge in [0, 0.05) is 29.6 Å². The van der Waals surface area contributed by atoms with Gasteiger partial charge in [-0.25, -0.2) is 9.97 Å². The number of carbonyl (C=O) groups is 1. The van der Waals surface area contributed by atoms with Crippen molar-refractivity contribution in [3.8, 4) is 22.4 Å². The molecule has 0 amide bonds. The number of rotatable bonds is 8. The molecule has 2 aromatic heterocycles. The van der Waals surface area contributed by atoms with Crippen LogP contribution in [0.1, 0.15) is 28.0 Å². The number of nitrogens with one attached hydrogen (secondary N) is 3. The molecule has 0 saturated carbocycles.